The van der Waals surface area contributed by atoms with Crippen molar-refractivity contribution < 1.29 is 28.7 Å². The minimum absolute atomic E-state index is 0.204. The van der Waals surface area contributed by atoms with Crippen LogP contribution < -0.4 is 5.32 Å². The Morgan fingerprint density at radius 1 is 0.972 bits per heavy atom. The SMILES string of the molecule is CCCN(CC(=O)Nc1ccccc1C)C(=O)COC(=O)[C@H](C(C)C)N1C(=O)c2ccccc2C1=O. The minimum atomic E-state index is -1.19. The van der Waals surface area contributed by atoms with Crippen molar-refractivity contribution >= 4 is 35.3 Å². The van der Waals surface area contributed by atoms with E-state index in [4.69, 9.17) is 4.74 Å². The predicted molar refractivity (Wildman–Crippen MR) is 133 cm³/mol. The highest BCUT2D eigenvalue weighted by Gasteiger charge is 2.44. The van der Waals surface area contributed by atoms with Crippen LogP contribution in [0.4, 0.5) is 5.69 Å². The lowest BCUT2D eigenvalue weighted by atomic mass is 10.0. The van der Waals surface area contributed by atoms with Crippen molar-refractivity contribution in [1.82, 2.24) is 9.80 Å². The number of hydrogen-bond acceptors (Lipinski definition) is 6. The first-order valence-corrected chi connectivity index (χ1v) is 11.9. The number of nitrogens with zero attached hydrogens (tertiary/aromatic N) is 2. The molecule has 0 saturated heterocycles. The number of benzene rings is 2. The molecular weight excluding hydrogens is 462 g/mol. The van der Waals surface area contributed by atoms with E-state index in [1.54, 1.807) is 38.1 Å². The van der Waals surface area contributed by atoms with Crippen molar-refractivity contribution in [2.24, 2.45) is 5.92 Å². The summed E-state index contributed by atoms with van der Waals surface area (Å²) >= 11 is 0. The highest BCUT2D eigenvalue weighted by Crippen LogP contribution is 2.27. The van der Waals surface area contributed by atoms with Crippen molar-refractivity contribution in [3.05, 3.63) is 65.2 Å². The smallest absolute Gasteiger partial charge is 0.330 e. The average Bonchev–Trinajstić information content (AvgIpc) is 3.09. The average molecular weight is 494 g/mol. The summed E-state index contributed by atoms with van der Waals surface area (Å²) in [5.74, 6) is -3.36. The fourth-order valence-electron chi connectivity index (χ4n) is 4.08. The van der Waals surface area contributed by atoms with Gasteiger partial charge in [-0.15, -0.1) is 0 Å². The van der Waals surface area contributed by atoms with E-state index >= 15 is 0 Å². The third-order valence-electron chi connectivity index (χ3n) is 5.91. The standard InChI is InChI=1S/C27H31N3O6/c1-5-14-29(15-22(31)28-21-13-9-6-10-18(21)4)23(32)16-36-27(35)24(17(2)3)30-25(33)19-11-7-8-12-20(19)26(30)34/h6-13,17,24H,5,14-16H2,1-4H3,(H,28,31)/t24-/m0/s1. The Bertz CT molecular complexity index is 1140. The lowest BCUT2D eigenvalue weighted by Gasteiger charge is -2.28. The first-order valence-electron chi connectivity index (χ1n) is 11.9. The van der Waals surface area contributed by atoms with Crippen LogP contribution in [-0.2, 0) is 19.1 Å². The van der Waals surface area contributed by atoms with Gasteiger partial charge in [0.15, 0.2) is 6.61 Å². The van der Waals surface area contributed by atoms with Crippen LogP contribution in [0.15, 0.2) is 48.5 Å². The maximum atomic E-state index is 13.0. The number of carbonyl (C=O) groups is 5. The van der Waals surface area contributed by atoms with Gasteiger partial charge >= 0.3 is 5.97 Å². The number of aryl methyl sites for hydroxylation is 1. The zero-order chi connectivity index (χ0) is 26.4. The summed E-state index contributed by atoms with van der Waals surface area (Å²) in [7, 11) is 0. The molecule has 0 aromatic heterocycles. The van der Waals surface area contributed by atoms with Crippen LogP contribution in [-0.4, -0.2) is 65.1 Å². The second kappa shape index (κ2) is 11.6. The highest BCUT2D eigenvalue weighted by molar-refractivity contribution is 6.22. The second-order valence-corrected chi connectivity index (χ2v) is 9.00. The van der Waals surface area contributed by atoms with Gasteiger partial charge in [-0.1, -0.05) is 51.1 Å². The third kappa shape index (κ3) is 5.79. The first-order chi connectivity index (χ1) is 17.1. The molecule has 0 aliphatic carbocycles. The number of imide groups is 1. The number of nitrogens with one attached hydrogen (secondary N) is 1. The maximum Gasteiger partial charge on any atom is 0.330 e. The van der Waals surface area contributed by atoms with E-state index in [1.807, 2.05) is 26.0 Å². The molecule has 2 aromatic carbocycles. The molecular formula is C27H31N3O6. The first kappa shape index (κ1) is 26.6. The summed E-state index contributed by atoms with van der Waals surface area (Å²) in [6.07, 6.45) is 0.598. The van der Waals surface area contributed by atoms with Gasteiger partial charge in [0, 0.05) is 12.2 Å². The molecule has 0 fully saturated rings. The normalized spacial score (nSPS) is 13.4. The van der Waals surface area contributed by atoms with Crippen LogP contribution in [0.5, 0.6) is 0 Å². The van der Waals surface area contributed by atoms with Gasteiger partial charge < -0.3 is 15.0 Å². The summed E-state index contributed by atoms with van der Waals surface area (Å²) in [5, 5.41) is 2.79. The number of fused-ring (bicyclic) bond motifs is 1. The monoisotopic (exact) mass is 493 g/mol. The van der Waals surface area contributed by atoms with Crippen LogP contribution >= 0.6 is 0 Å². The minimum Gasteiger partial charge on any atom is -0.454 e. The van der Waals surface area contributed by atoms with Crippen LogP contribution in [0.2, 0.25) is 0 Å². The van der Waals surface area contributed by atoms with Crippen LogP contribution in [0, 0.1) is 12.8 Å². The van der Waals surface area contributed by atoms with Crippen LogP contribution in [0.25, 0.3) is 0 Å². The van der Waals surface area contributed by atoms with Gasteiger partial charge in [-0.05, 0) is 43.0 Å². The summed E-state index contributed by atoms with van der Waals surface area (Å²) in [5.41, 5.74) is 2.00. The number of carbonyl (C=O) groups excluding carboxylic acids is 5. The largest absolute Gasteiger partial charge is 0.454 e. The van der Waals surface area contributed by atoms with E-state index in [0.717, 1.165) is 10.5 Å². The van der Waals surface area contributed by atoms with Crippen molar-refractivity contribution in [3.63, 3.8) is 0 Å². The Hall–Kier alpha value is -4.01. The van der Waals surface area contributed by atoms with Gasteiger partial charge in [0.05, 0.1) is 17.7 Å². The fraction of sp³-hybridized carbons (Fsp3) is 0.370. The zero-order valence-corrected chi connectivity index (χ0v) is 20.9. The molecule has 9 heteroatoms. The molecule has 3 rings (SSSR count). The van der Waals surface area contributed by atoms with E-state index in [0.29, 0.717) is 18.7 Å². The maximum absolute atomic E-state index is 13.0. The third-order valence-corrected chi connectivity index (χ3v) is 5.91. The van der Waals surface area contributed by atoms with Crippen LogP contribution in [0.3, 0.4) is 0 Å². The van der Waals surface area contributed by atoms with E-state index < -0.39 is 42.3 Å². The molecule has 2 aromatic rings. The summed E-state index contributed by atoms with van der Waals surface area (Å²) < 4.78 is 5.27. The van der Waals surface area contributed by atoms with E-state index in [9.17, 15) is 24.0 Å². The molecule has 1 aliphatic heterocycles. The molecule has 0 bridgehead atoms. The number of ether oxygens (including phenoxy) is 1. The topological polar surface area (TPSA) is 113 Å². The van der Waals surface area contributed by atoms with Crippen molar-refractivity contribution in [1.29, 1.82) is 0 Å². The summed E-state index contributed by atoms with van der Waals surface area (Å²) in [6, 6.07) is 12.5. The molecule has 0 unspecified atom stereocenters. The number of amides is 4. The van der Waals surface area contributed by atoms with E-state index in [1.165, 1.54) is 17.0 Å². The Morgan fingerprint density at radius 3 is 2.11 bits per heavy atom. The van der Waals surface area contributed by atoms with Gasteiger partial charge in [-0.2, -0.15) is 0 Å². The number of anilines is 1. The number of para-hydroxylation sites is 1. The number of hydrogen-bond donors (Lipinski definition) is 1. The van der Waals surface area contributed by atoms with Gasteiger partial charge in [0.1, 0.15) is 6.04 Å². The molecule has 1 atom stereocenters. The molecule has 0 spiro atoms. The van der Waals surface area contributed by atoms with Gasteiger partial charge in [0.2, 0.25) is 5.91 Å². The summed E-state index contributed by atoms with van der Waals surface area (Å²) in [4.78, 5) is 66.3. The van der Waals surface area contributed by atoms with Crippen LogP contribution in [0.1, 0.15) is 53.5 Å². The van der Waals surface area contributed by atoms with Gasteiger partial charge in [0.25, 0.3) is 17.7 Å². The van der Waals surface area contributed by atoms with E-state index in [2.05, 4.69) is 5.32 Å². The predicted octanol–water partition coefficient (Wildman–Crippen LogP) is 3.04. The molecule has 1 aliphatic rings. The van der Waals surface area contributed by atoms with Gasteiger partial charge in [-0.25, -0.2) is 4.79 Å². The molecule has 1 heterocycles. The summed E-state index contributed by atoms with van der Waals surface area (Å²) in [6.45, 7) is 6.59. The second-order valence-electron chi connectivity index (χ2n) is 9.00. The Morgan fingerprint density at radius 2 is 1.56 bits per heavy atom. The molecule has 1 N–H and O–H groups in total. The Balaban J connectivity index is 1.65. The molecule has 0 radical (unpaired) electrons. The van der Waals surface area contributed by atoms with E-state index in [-0.39, 0.29) is 23.6 Å². The van der Waals surface area contributed by atoms with Crippen molar-refractivity contribution in [2.75, 3.05) is 25.0 Å². The van der Waals surface area contributed by atoms with Crippen molar-refractivity contribution in [2.45, 2.75) is 40.2 Å². The molecule has 190 valence electrons. The van der Waals surface area contributed by atoms with Crippen molar-refractivity contribution in [3.8, 4) is 0 Å². The molecule has 9 nitrogen and oxygen atoms in total. The molecule has 4 amide bonds. The molecule has 0 saturated carbocycles. The zero-order valence-electron chi connectivity index (χ0n) is 20.9. The fourth-order valence-corrected chi connectivity index (χ4v) is 4.08. The lowest BCUT2D eigenvalue weighted by molar-refractivity contribution is -0.156. The lowest BCUT2D eigenvalue weighted by Crippen LogP contribution is -2.49. The number of rotatable bonds is 10. The number of esters is 1. The van der Waals surface area contributed by atoms with Gasteiger partial charge in [-0.3, -0.25) is 24.1 Å². The quantitative estimate of drug-likeness (QED) is 0.402. The Labute approximate surface area is 210 Å². The highest BCUT2D eigenvalue weighted by atomic mass is 16.5. The molecule has 36 heavy (non-hydrogen) atoms. The Kier molecular flexibility index (Phi) is 8.58.